The van der Waals surface area contributed by atoms with Crippen molar-refractivity contribution in [3.8, 4) is 0 Å². The Morgan fingerprint density at radius 3 is 2.55 bits per heavy atom. The molecule has 2 aromatic rings. The van der Waals surface area contributed by atoms with Gasteiger partial charge in [-0.25, -0.2) is 19.6 Å². The summed E-state index contributed by atoms with van der Waals surface area (Å²) in [4.78, 5) is 47.8. The predicted molar refractivity (Wildman–Crippen MR) is 156 cm³/mol. The highest BCUT2D eigenvalue weighted by atomic mass is 16.6. The summed E-state index contributed by atoms with van der Waals surface area (Å²) in [7, 11) is 1.67. The number of amides is 2. The van der Waals surface area contributed by atoms with Gasteiger partial charge in [-0.1, -0.05) is 12.2 Å². The molecule has 2 aromatic heterocycles. The van der Waals surface area contributed by atoms with Crippen LogP contribution in [0.25, 0.3) is 6.08 Å². The summed E-state index contributed by atoms with van der Waals surface area (Å²) in [6.45, 7) is 11.1. The lowest BCUT2D eigenvalue weighted by Crippen LogP contribution is -2.36. The molecule has 1 N–H and O–H groups in total. The third-order valence-electron chi connectivity index (χ3n) is 6.88. The van der Waals surface area contributed by atoms with Gasteiger partial charge in [0.1, 0.15) is 17.1 Å². The Morgan fingerprint density at radius 2 is 1.81 bits per heavy atom. The number of hydrogen-bond donors (Lipinski definition) is 1. The van der Waals surface area contributed by atoms with Crippen LogP contribution in [0, 0.1) is 0 Å². The van der Waals surface area contributed by atoms with Crippen LogP contribution in [-0.2, 0) is 42.0 Å². The van der Waals surface area contributed by atoms with Gasteiger partial charge in [-0.2, -0.15) is 0 Å². The molecule has 0 bridgehead atoms. The van der Waals surface area contributed by atoms with E-state index in [9.17, 15) is 14.4 Å². The average molecular weight is 581 g/mol. The number of hydrogen-bond acceptors (Lipinski definition) is 9. The number of carbonyl (C=O) groups is 3. The first-order valence-electron chi connectivity index (χ1n) is 14.1. The van der Waals surface area contributed by atoms with Crippen molar-refractivity contribution in [1.29, 1.82) is 0 Å². The van der Waals surface area contributed by atoms with Crippen molar-refractivity contribution in [2.45, 2.75) is 64.6 Å². The molecule has 11 nitrogen and oxygen atoms in total. The number of fused-ring (bicyclic) bond motifs is 3. The summed E-state index contributed by atoms with van der Waals surface area (Å²) in [5.41, 5.74) is 2.46. The van der Waals surface area contributed by atoms with Crippen LogP contribution < -0.4 is 5.32 Å². The maximum absolute atomic E-state index is 13.2. The number of carbonyl (C=O) groups excluding carboxylic acids is 3. The molecule has 226 valence electrons. The highest BCUT2D eigenvalue weighted by Crippen LogP contribution is 2.46. The average Bonchev–Trinajstić information content (AvgIpc) is 3.42. The van der Waals surface area contributed by atoms with Gasteiger partial charge in [0.25, 0.3) is 0 Å². The van der Waals surface area contributed by atoms with E-state index in [1.807, 2.05) is 39.0 Å². The molecule has 2 aliphatic rings. The first-order chi connectivity index (χ1) is 19.9. The summed E-state index contributed by atoms with van der Waals surface area (Å²) in [5.74, 6) is -0.0176. The van der Waals surface area contributed by atoms with E-state index in [2.05, 4.69) is 15.3 Å². The lowest BCUT2D eigenvalue weighted by Gasteiger charge is -2.24. The molecule has 2 amide bonds. The quantitative estimate of drug-likeness (QED) is 0.310. The topological polar surface area (TPSA) is 129 Å². The normalized spacial score (nSPS) is 17.5. The Bertz CT molecular complexity index is 1350. The van der Waals surface area contributed by atoms with Crippen LogP contribution in [0.2, 0.25) is 0 Å². The van der Waals surface area contributed by atoms with E-state index in [4.69, 9.17) is 18.9 Å². The molecule has 0 saturated heterocycles. The minimum atomic E-state index is -0.790. The van der Waals surface area contributed by atoms with Gasteiger partial charge >= 0.3 is 12.1 Å². The Morgan fingerprint density at radius 1 is 1.07 bits per heavy atom. The Labute approximate surface area is 246 Å². The number of pyridine rings is 2. The molecule has 11 heteroatoms. The number of esters is 1. The zero-order chi connectivity index (χ0) is 30.5. The maximum Gasteiger partial charge on any atom is 0.410 e. The lowest BCUT2D eigenvalue weighted by molar-refractivity contribution is -0.120. The zero-order valence-corrected chi connectivity index (χ0v) is 25.2. The van der Waals surface area contributed by atoms with Crippen molar-refractivity contribution in [3.05, 3.63) is 58.6 Å². The van der Waals surface area contributed by atoms with Crippen molar-refractivity contribution >= 4 is 29.9 Å². The lowest BCUT2D eigenvalue weighted by atomic mass is 9.79. The number of nitrogens with zero attached hydrogens (tertiary/aromatic N) is 3. The Hall–Kier alpha value is -3.83. The van der Waals surface area contributed by atoms with Gasteiger partial charge in [-0.3, -0.25) is 4.79 Å². The van der Waals surface area contributed by atoms with Crippen LogP contribution in [0.3, 0.4) is 0 Å². The molecule has 0 unspecified atom stereocenters. The summed E-state index contributed by atoms with van der Waals surface area (Å²) in [6, 6.07) is 3.71. The monoisotopic (exact) mass is 580 g/mol. The van der Waals surface area contributed by atoms with Crippen LogP contribution >= 0.6 is 0 Å². The molecule has 0 aromatic carbocycles. The van der Waals surface area contributed by atoms with E-state index in [1.165, 1.54) is 4.90 Å². The molecule has 0 fully saturated rings. The largest absolute Gasteiger partial charge is 0.458 e. The predicted octanol–water partition coefficient (Wildman–Crippen LogP) is 3.94. The number of anilines is 1. The molecule has 1 spiro atoms. The molecule has 1 atom stereocenters. The molecule has 42 heavy (non-hydrogen) atoms. The summed E-state index contributed by atoms with van der Waals surface area (Å²) < 4.78 is 21.8. The first-order valence-corrected chi connectivity index (χ1v) is 14.1. The van der Waals surface area contributed by atoms with Gasteiger partial charge in [0.2, 0.25) is 5.91 Å². The number of nitrogens with one attached hydrogen (secondary N) is 1. The zero-order valence-electron chi connectivity index (χ0n) is 25.2. The minimum Gasteiger partial charge on any atom is -0.458 e. The second kappa shape index (κ2) is 13.0. The molecule has 3 heterocycles. The van der Waals surface area contributed by atoms with Crippen LogP contribution in [0.4, 0.5) is 10.6 Å². The van der Waals surface area contributed by atoms with Crippen molar-refractivity contribution in [2.75, 3.05) is 45.3 Å². The standard InChI is InChI=1S/C31H40N4O7/c1-20(2)41-27(36)25-15-22-16-31(17-23(22)19-32-25)24-14-21(18-33-26(24)34-28(31)37)8-7-10-39-12-13-40-11-9-35(6)29(38)42-30(3,4)5/h7-8,14-15,18-20H,9-13,16-17H2,1-6H3,(H,33,34,37)/b8-7+/t31-/m0/s1. The van der Waals surface area contributed by atoms with Crippen LogP contribution in [0.15, 0.2) is 30.6 Å². The van der Waals surface area contributed by atoms with Crippen molar-refractivity contribution in [2.24, 2.45) is 0 Å². The maximum atomic E-state index is 13.2. The summed E-state index contributed by atoms with van der Waals surface area (Å²) in [6.07, 6.45) is 7.49. The fourth-order valence-corrected chi connectivity index (χ4v) is 4.87. The number of aromatic nitrogens is 2. The molecule has 0 saturated carbocycles. The Kier molecular flexibility index (Phi) is 9.63. The van der Waals surface area contributed by atoms with E-state index >= 15 is 0 Å². The van der Waals surface area contributed by atoms with Crippen molar-refractivity contribution in [3.63, 3.8) is 0 Å². The second-order valence-corrected chi connectivity index (χ2v) is 11.8. The summed E-state index contributed by atoms with van der Waals surface area (Å²) >= 11 is 0. The highest BCUT2D eigenvalue weighted by Gasteiger charge is 2.51. The molecular weight excluding hydrogens is 540 g/mol. The minimum absolute atomic E-state index is 0.103. The van der Waals surface area contributed by atoms with Gasteiger partial charge < -0.3 is 29.2 Å². The second-order valence-electron chi connectivity index (χ2n) is 11.8. The Balaban J connectivity index is 1.26. The number of rotatable bonds is 11. The summed E-state index contributed by atoms with van der Waals surface area (Å²) in [5, 5.41) is 2.93. The van der Waals surface area contributed by atoms with E-state index in [0.29, 0.717) is 51.6 Å². The fourth-order valence-electron chi connectivity index (χ4n) is 4.87. The molecule has 1 aliphatic heterocycles. The highest BCUT2D eigenvalue weighted by molar-refractivity contribution is 6.06. The van der Waals surface area contributed by atoms with Crippen LogP contribution in [0.1, 0.15) is 67.4 Å². The van der Waals surface area contributed by atoms with E-state index in [0.717, 1.165) is 22.3 Å². The van der Waals surface area contributed by atoms with Crippen LogP contribution in [0.5, 0.6) is 0 Å². The number of likely N-dealkylation sites (N-methyl/N-ethyl adjacent to an activating group) is 1. The van der Waals surface area contributed by atoms with Crippen LogP contribution in [-0.4, -0.2) is 84.6 Å². The van der Waals surface area contributed by atoms with Gasteiger partial charge in [-0.05, 0) is 76.3 Å². The molecule has 1 aliphatic carbocycles. The SMILES string of the molecule is CC(C)OC(=O)c1cc2c(cn1)C[C@]1(C2)C(=O)Nc2ncc(/C=C/COCCOCCN(C)C(=O)OC(C)(C)C)cc21. The van der Waals surface area contributed by atoms with E-state index in [-0.39, 0.29) is 23.8 Å². The smallest absolute Gasteiger partial charge is 0.410 e. The third-order valence-corrected chi connectivity index (χ3v) is 6.88. The number of ether oxygens (including phenoxy) is 4. The van der Waals surface area contributed by atoms with E-state index < -0.39 is 17.0 Å². The first kappa shape index (κ1) is 31.1. The molecule has 4 rings (SSSR count). The third kappa shape index (κ3) is 7.51. The van der Waals surface area contributed by atoms with E-state index in [1.54, 1.807) is 39.4 Å². The molecular formula is C31H40N4O7. The van der Waals surface area contributed by atoms with Gasteiger partial charge in [0.05, 0.1) is 37.9 Å². The van der Waals surface area contributed by atoms with Gasteiger partial charge in [0, 0.05) is 31.5 Å². The van der Waals surface area contributed by atoms with Crippen molar-refractivity contribution < 1.29 is 33.3 Å². The van der Waals surface area contributed by atoms with Gasteiger partial charge in [0.15, 0.2) is 0 Å². The fraction of sp³-hybridized carbons (Fsp3) is 0.516. The molecule has 0 radical (unpaired) electrons. The van der Waals surface area contributed by atoms with Crippen molar-refractivity contribution in [1.82, 2.24) is 14.9 Å². The van der Waals surface area contributed by atoms with Gasteiger partial charge in [-0.15, -0.1) is 0 Å².